The summed E-state index contributed by atoms with van der Waals surface area (Å²) in [6.07, 6.45) is 9.86. The maximum Gasteiger partial charge on any atom is 0.264 e. The molecule has 2 fully saturated rings. The van der Waals surface area contributed by atoms with Gasteiger partial charge in [-0.1, -0.05) is 30.3 Å². The SMILES string of the molecule is O=C1CCC(N2C(=O)c3cccc(NCCCc4ccc(CCCC(=O)Nc5cccc(-c6ccc7c(c6)[C@H]6[C@H](CCN6Cc6ccncc6)[C@@H](CO)N7)c5)nc4)c3C2=O)C(=O)N1. The first-order valence-corrected chi connectivity index (χ1v) is 21.8. The fourth-order valence-corrected chi connectivity index (χ4v) is 9.60. The molecule has 63 heavy (non-hydrogen) atoms. The van der Waals surface area contributed by atoms with Crippen LogP contribution >= 0.6 is 0 Å². The van der Waals surface area contributed by atoms with Gasteiger partial charge in [-0.2, -0.15) is 0 Å². The highest BCUT2D eigenvalue weighted by Crippen LogP contribution is 2.48. The molecule has 14 heteroatoms. The zero-order chi connectivity index (χ0) is 43.5. The van der Waals surface area contributed by atoms with Crippen molar-refractivity contribution in [3.63, 3.8) is 0 Å². The first-order valence-electron chi connectivity index (χ1n) is 21.8. The number of aromatic nitrogens is 2. The van der Waals surface area contributed by atoms with Crippen molar-refractivity contribution < 1.29 is 29.1 Å². The van der Waals surface area contributed by atoms with Crippen LogP contribution in [0.25, 0.3) is 11.1 Å². The zero-order valence-electron chi connectivity index (χ0n) is 34.9. The summed E-state index contributed by atoms with van der Waals surface area (Å²) in [5, 5.41) is 22.5. The molecule has 14 nitrogen and oxygen atoms in total. The molecule has 1 unspecified atom stereocenters. The maximum absolute atomic E-state index is 13.4. The highest BCUT2D eigenvalue weighted by molar-refractivity contribution is 6.25. The van der Waals surface area contributed by atoms with Crippen LogP contribution in [0.4, 0.5) is 17.1 Å². The highest BCUT2D eigenvalue weighted by atomic mass is 16.3. The number of nitrogens with one attached hydrogen (secondary N) is 4. The number of aryl methyl sites for hydroxylation is 2. The van der Waals surface area contributed by atoms with Gasteiger partial charge in [-0.05, 0) is 127 Å². The number of anilines is 3. The summed E-state index contributed by atoms with van der Waals surface area (Å²) in [7, 11) is 0. The maximum atomic E-state index is 13.4. The lowest BCUT2D eigenvalue weighted by atomic mass is 9.82. The van der Waals surface area contributed by atoms with Gasteiger partial charge >= 0.3 is 0 Å². The van der Waals surface area contributed by atoms with Crippen molar-refractivity contribution in [2.75, 3.05) is 35.6 Å². The Morgan fingerprint density at radius 2 is 1.70 bits per heavy atom. The number of aliphatic hydroxyl groups is 1. The molecular formula is C49H50N8O6. The fourth-order valence-electron chi connectivity index (χ4n) is 9.60. The number of nitrogens with zero attached hydrogens (tertiary/aromatic N) is 4. The van der Waals surface area contributed by atoms with Crippen LogP contribution in [0, 0.1) is 5.92 Å². The predicted octanol–water partition coefficient (Wildman–Crippen LogP) is 5.90. The van der Waals surface area contributed by atoms with E-state index in [9.17, 15) is 29.1 Å². The van der Waals surface area contributed by atoms with Crippen LogP contribution < -0.4 is 21.3 Å². The molecule has 9 rings (SSSR count). The lowest BCUT2D eigenvalue weighted by Gasteiger charge is -2.39. The van der Waals surface area contributed by atoms with Gasteiger partial charge in [-0.3, -0.25) is 49.1 Å². The normalized spacial score (nSPS) is 20.4. The minimum absolute atomic E-state index is 0.00253. The number of aliphatic hydroxyl groups excluding tert-OH is 1. The van der Waals surface area contributed by atoms with E-state index in [0.717, 1.165) is 71.0 Å². The molecule has 5 amide bonds. The second-order valence-corrected chi connectivity index (χ2v) is 16.8. The number of benzene rings is 3. The number of imide groups is 2. The number of amides is 5. The van der Waals surface area contributed by atoms with Gasteiger partial charge in [0.1, 0.15) is 6.04 Å². The molecule has 2 saturated heterocycles. The Morgan fingerprint density at radius 3 is 2.51 bits per heavy atom. The van der Waals surface area contributed by atoms with Crippen molar-refractivity contribution >= 4 is 46.6 Å². The van der Waals surface area contributed by atoms with Crippen molar-refractivity contribution in [3.8, 4) is 11.1 Å². The third-order valence-electron chi connectivity index (χ3n) is 12.7. The standard InChI is InChI=1S/C49H50N8O6/c58-29-41-36-20-24-56(28-31-18-22-50-23-19-31)46(36)38-26-33(13-15-39(38)54-41)32-6-1-8-35(25-32)53-43(59)11-2-7-34-14-12-30(27-52-34)5-4-21-51-40-10-3-9-37-45(40)49(63)57(48(37)62)42-16-17-44(60)55-47(42)61/h1,3,6,8-10,12-15,18-19,22-23,25-27,36,41-42,46,51,54,58H,2,4-5,7,11,16-17,20-21,24,28-29H2,(H,53,59)(H,55,60,61)/t36-,41-,42?,46-/m1/s1. The summed E-state index contributed by atoms with van der Waals surface area (Å²) >= 11 is 0. The molecule has 0 radical (unpaired) electrons. The minimum Gasteiger partial charge on any atom is -0.394 e. The number of pyridine rings is 2. The predicted molar refractivity (Wildman–Crippen MR) is 238 cm³/mol. The molecule has 322 valence electrons. The number of piperidine rings is 1. The highest BCUT2D eigenvalue weighted by Gasteiger charge is 2.46. The van der Waals surface area contributed by atoms with Crippen LogP contribution in [-0.2, 0) is 33.8 Å². The van der Waals surface area contributed by atoms with Crippen LogP contribution in [0.2, 0.25) is 0 Å². The van der Waals surface area contributed by atoms with Gasteiger partial charge in [0.05, 0.1) is 23.8 Å². The van der Waals surface area contributed by atoms with Crippen LogP contribution in [0.5, 0.6) is 0 Å². The van der Waals surface area contributed by atoms with Gasteiger partial charge in [0.25, 0.3) is 11.8 Å². The Bertz CT molecular complexity index is 2550. The van der Waals surface area contributed by atoms with Gasteiger partial charge in [0.15, 0.2) is 0 Å². The first-order chi connectivity index (χ1) is 30.7. The Morgan fingerprint density at radius 1 is 0.857 bits per heavy atom. The molecule has 4 atom stereocenters. The van der Waals surface area contributed by atoms with Crippen molar-refractivity contribution in [2.24, 2.45) is 5.92 Å². The summed E-state index contributed by atoms with van der Waals surface area (Å²) in [6.45, 7) is 2.40. The number of carbonyl (C=O) groups excluding carboxylic acids is 5. The van der Waals surface area contributed by atoms with Gasteiger partial charge in [-0.15, -0.1) is 0 Å². The first kappa shape index (κ1) is 41.6. The van der Waals surface area contributed by atoms with E-state index in [4.69, 9.17) is 0 Å². The Kier molecular flexibility index (Phi) is 12.1. The largest absolute Gasteiger partial charge is 0.394 e. The molecule has 5 N–H and O–H groups in total. The molecule has 4 aliphatic heterocycles. The number of likely N-dealkylation sites (tertiary alicyclic amines) is 1. The molecule has 6 heterocycles. The minimum atomic E-state index is -1.01. The molecule has 0 saturated carbocycles. The van der Waals surface area contributed by atoms with Gasteiger partial charge in [-0.25, -0.2) is 0 Å². The van der Waals surface area contributed by atoms with Crippen LogP contribution in [0.15, 0.2) is 104 Å². The number of carbonyl (C=O) groups is 5. The quantitative estimate of drug-likeness (QED) is 0.0624. The second kappa shape index (κ2) is 18.3. The monoisotopic (exact) mass is 846 g/mol. The lowest BCUT2D eigenvalue weighted by molar-refractivity contribution is -0.136. The number of rotatable bonds is 15. The van der Waals surface area contributed by atoms with Crippen LogP contribution in [0.1, 0.15) is 87.7 Å². The molecule has 5 aromatic rings. The molecule has 3 aromatic carbocycles. The Hall–Kier alpha value is -6.77. The van der Waals surface area contributed by atoms with Crippen LogP contribution in [-0.4, -0.2) is 86.2 Å². The summed E-state index contributed by atoms with van der Waals surface area (Å²) in [6, 6.07) is 26.8. The van der Waals surface area contributed by atoms with E-state index in [2.05, 4.69) is 72.5 Å². The third kappa shape index (κ3) is 8.82. The summed E-state index contributed by atoms with van der Waals surface area (Å²) < 4.78 is 0. The zero-order valence-corrected chi connectivity index (χ0v) is 34.9. The van der Waals surface area contributed by atoms with Crippen LogP contribution in [0.3, 0.4) is 0 Å². The van der Waals surface area contributed by atoms with Gasteiger partial charge in [0.2, 0.25) is 17.7 Å². The van der Waals surface area contributed by atoms with E-state index in [0.29, 0.717) is 37.4 Å². The summed E-state index contributed by atoms with van der Waals surface area (Å²) in [4.78, 5) is 76.0. The summed E-state index contributed by atoms with van der Waals surface area (Å²) in [5.41, 5.74) is 9.32. The molecule has 0 spiro atoms. The van der Waals surface area contributed by atoms with E-state index in [1.54, 1.807) is 18.2 Å². The fraction of sp³-hybridized carbons (Fsp3) is 0.327. The van der Waals surface area contributed by atoms with E-state index < -0.39 is 29.7 Å². The number of hydrogen-bond acceptors (Lipinski definition) is 11. The molecular weight excluding hydrogens is 797 g/mol. The van der Waals surface area contributed by atoms with Crippen molar-refractivity contribution in [1.29, 1.82) is 0 Å². The molecule has 4 aliphatic rings. The second-order valence-electron chi connectivity index (χ2n) is 16.8. The number of fused-ring (bicyclic) bond motifs is 4. The molecule has 2 aromatic heterocycles. The van der Waals surface area contributed by atoms with Gasteiger partial charge < -0.3 is 21.1 Å². The van der Waals surface area contributed by atoms with Gasteiger partial charge in [0, 0.05) is 79.2 Å². The molecule has 0 bridgehead atoms. The van der Waals surface area contributed by atoms with E-state index in [1.165, 1.54) is 11.1 Å². The Balaban J connectivity index is 0.746. The average molecular weight is 847 g/mol. The van der Waals surface area contributed by atoms with E-state index in [-0.39, 0.29) is 48.6 Å². The molecule has 0 aliphatic carbocycles. The van der Waals surface area contributed by atoms with Crippen molar-refractivity contribution in [3.05, 3.63) is 137 Å². The van der Waals surface area contributed by atoms with E-state index >= 15 is 0 Å². The lowest BCUT2D eigenvalue weighted by Crippen LogP contribution is -2.54. The topological polar surface area (TPSA) is 186 Å². The van der Waals surface area contributed by atoms with Crippen molar-refractivity contribution in [2.45, 2.75) is 76.0 Å². The van der Waals surface area contributed by atoms with E-state index in [1.807, 2.05) is 48.9 Å². The summed E-state index contributed by atoms with van der Waals surface area (Å²) in [5.74, 6) is -1.87. The average Bonchev–Trinajstić information content (AvgIpc) is 3.83. The smallest absolute Gasteiger partial charge is 0.264 e. The van der Waals surface area contributed by atoms with Crippen molar-refractivity contribution in [1.82, 2.24) is 25.1 Å². The third-order valence-corrected chi connectivity index (χ3v) is 12.7. The number of hydrogen-bond donors (Lipinski definition) is 5. The Labute approximate surface area is 365 Å².